The first-order chi connectivity index (χ1) is 12.3. The van der Waals surface area contributed by atoms with Crippen LogP contribution in [0.25, 0.3) is 11.0 Å². The van der Waals surface area contributed by atoms with Crippen molar-refractivity contribution in [2.75, 3.05) is 11.9 Å². The van der Waals surface area contributed by atoms with Crippen molar-refractivity contribution in [3.63, 3.8) is 0 Å². The van der Waals surface area contributed by atoms with Crippen LogP contribution >= 0.6 is 0 Å². The molecule has 0 aromatic carbocycles. The Hall–Kier alpha value is -2.99. The Morgan fingerprint density at radius 2 is 2.28 bits per heavy atom. The number of aryl methyl sites for hydroxylation is 1. The van der Waals surface area contributed by atoms with Crippen LogP contribution in [0, 0.1) is 11.3 Å². The monoisotopic (exact) mass is 338 g/mol. The highest BCUT2D eigenvalue weighted by Gasteiger charge is 2.16. The molecule has 1 fully saturated rings. The molecule has 1 saturated heterocycles. The summed E-state index contributed by atoms with van der Waals surface area (Å²) >= 11 is 0. The molecular formula is C16H18N8O. The molecule has 0 radical (unpaired) electrons. The van der Waals surface area contributed by atoms with E-state index < -0.39 is 0 Å². The van der Waals surface area contributed by atoms with E-state index in [4.69, 9.17) is 10.00 Å². The number of hydrogen-bond donors (Lipinski definition) is 1. The van der Waals surface area contributed by atoms with Gasteiger partial charge in [-0.05, 0) is 12.8 Å². The SMILES string of the molecule is N#CCCn1ncc2c(Nc3cnn(CC4CCCO4)c3)ncnc21. The Bertz CT molecular complexity index is 902. The fourth-order valence-corrected chi connectivity index (χ4v) is 2.97. The zero-order chi connectivity index (χ0) is 17.1. The lowest BCUT2D eigenvalue weighted by Crippen LogP contribution is -2.15. The van der Waals surface area contributed by atoms with Crippen LogP contribution in [0.2, 0.25) is 0 Å². The second-order valence-corrected chi connectivity index (χ2v) is 5.95. The van der Waals surface area contributed by atoms with Crippen molar-refractivity contribution < 1.29 is 4.74 Å². The Morgan fingerprint density at radius 3 is 3.12 bits per heavy atom. The molecule has 1 atom stereocenters. The van der Waals surface area contributed by atoms with Crippen LogP contribution in [0.4, 0.5) is 11.5 Å². The number of rotatable bonds is 6. The molecule has 1 aliphatic heterocycles. The standard InChI is InChI=1S/C16H18N8O/c17-4-2-5-24-16-14(8-21-24)15(18-11-19-16)22-12-7-20-23(9-12)10-13-3-1-6-25-13/h7-9,11,13H,1-3,5-6,10H2,(H,18,19,22). The highest BCUT2D eigenvalue weighted by molar-refractivity contribution is 5.87. The summed E-state index contributed by atoms with van der Waals surface area (Å²) in [6.07, 6.45) is 9.75. The van der Waals surface area contributed by atoms with Gasteiger partial charge in [0.25, 0.3) is 0 Å². The summed E-state index contributed by atoms with van der Waals surface area (Å²) in [5, 5.41) is 21.5. The van der Waals surface area contributed by atoms with Gasteiger partial charge in [0.1, 0.15) is 12.1 Å². The molecule has 1 aliphatic rings. The lowest BCUT2D eigenvalue weighted by atomic mass is 10.2. The molecule has 9 heteroatoms. The van der Waals surface area contributed by atoms with E-state index in [-0.39, 0.29) is 6.10 Å². The molecule has 1 N–H and O–H groups in total. The van der Waals surface area contributed by atoms with Crippen molar-refractivity contribution in [2.45, 2.75) is 38.5 Å². The quantitative estimate of drug-likeness (QED) is 0.731. The third kappa shape index (κ3) is 3.29. The fourth-order valence-electron chi connectivity index (χ4n) is 2.97. The van der Waals surface area contributed by atoms with Crippen molar-refractivity contribution in [1.82, 2.24) is 29.5 Å². The van der Waals surface area contributed by atoms with E-state index in [0.29, 0.717) is 24.4 Å². The van der Waals surface area contributed by atoms with Crippen LogP contribution in [0.3, 0.4) is 0 Å². The van der Waals surface area contributed by atoms with Gasteiger partial charge < -0.3 is 10.1 Å². The van der Waals surface area contributed by atoms with E-state index in [1.54, 1.807) is 17.1 Å². The predicted octanol–water partition coefficient (Wildman–Crippen LogP) is 1.86. The molecule has 3 aromatic heterocycles. The van der Waals surface area contributed by atoms with Crippen LogP contribution < -0.4 is 5.32 Å². The van der Waals surface area contributed by atoms with E-state index in [1.807, 2.05) is 10.9 Å². The zero-order valence-corrected chi connectivity index (χ0v) is 13.7. The summed E-state index contributed by atoms with van der Waals surface area (Å²) in [6.45, 7) is 2.11. The third-order valence-corrected chi connectivity index (χ3v) is 4.18. The van der Waals surface area contributed by atoms with Crippen molar-refractivity contribution in [3.8, 4) is 6.07 Å². The zero-order valence-electron chi connectivity index (χ0n) is 13.7. The summed E-state index contributed by atoms with van der Waals surface area (Å²) in [5.41, 5.74) is 1.56. The molecule has 9 nitrogen and oxygen atoms in total. The van der Waals surface area contributed by atoms with Gasteiger partial charge >= 0.3 is 0 Å². The molecule has 3 aromatic rings. The summed E-state index contributed by atoms with van der Waals surface area (Å²) in [7, 11) is 0. The lowest BCUT2D eigenvalue weighted by Gasteiger charge is -2.08. The molecule has 4 heterocycles. The number of ether oxygens (including phenoxy) is 1. The summed E-state index contributed by atoms with van der Waals surface area (Å²) in [4.78, 5) is 8.58. The molecule has 0 aliphatic carbocycles. The second-order valence-electron chi connectivity index (χ2n) is 5.95. The van der Waals surface area contributed by atoms with Gasteiger partial charge in [-0.2, -0.15) is 15.5 Å². The molecular weight excluding hydrogens is 320 g/mol. The minimum atomic E-state index is 0.247. The average Bonchev–Trinajstić information content (AvgIpc) is 3.36. The summed E-state index contributed by atoms with van der Waals surface area (Å²) in [6, 6.07) is 2.12. The maximum absolute atomic E-state index is 8.74. The van der Waals surface area contributed by atoms with Crippen LogP contribution in [0.1, 0.15) is 19.3 Å². The maximum atomic E-state index is 8.74. The second kappa shape index (κ2) is 6.86. The van der Waals surface area contributed by atoms with Gasteiger partial charge in [0.05, 0.1) is 55.2 Å². The molecule has 0 bridgehead atoms. The van der Waals surface area contributed by atoms with Gasteiger partial charge in [-0.25, -0.2) is 14.6 Å². The number of fused-ring (bicyclic) bond motifs is 1. The Balaban J connectivity index is 1.51. The average molecular weight is 338 g/mol. The van der Waals surface area contributed by atoms with Crippen LogP contribution in [-0.2, 0) is 17.8 Å². The van der Waals surface area contributed by atoms with Gasteiger partial charge in [-0.1, -0.05) is 0 Å². The van der Waals surface area contributed by atoms with Crippen molar-refractivity contribution in [1.29, 1.82) is 5.26 Å². The van der Waals surface area contributed by atoms with Crippen LogP contribution in [0.15, 0.2) is 24.9 Å². The Morgan fingerprint density at radius 1 is 1.32 bits per heavy atom. The Kier molecular flexibility index (Phi) is 4.26. The van der Waals surface area contributed by atoms with Crippen molar-refractivity contribution >= 4 is 22.5 Å². The largest absolute Gasteiger partial charge is 0.376 e. The van der Waals surface area contributed by atoms with Crippen LogP contribution in [0.5, 0.6) is 0 Å². The minimum Gasteiger partial charge on any atom is -0.376 e. The van der Waals surface area contributed by atoms with Gasteiger partial charge in [0.2, 0.25) is 0 Å². The molecule has 1 unspecified atom stereocenters. The fraction of sp³-hybridized carbons (Fsp3) is 0.438. The van der Waals surface area contributed by atoms with Gasteiger partial charge in [0.15, 0.2) is 5.65 Å². The highest BCUT2D eigenvalue weighted by Crippen LogP contribution is 2.23. The van der Waals surface area contributed by atoms with E-state index in [0.717, 1.165) is 37.1 Å². The molecule has 25 heavy (non-hydrogen) atoms. The lowest BCUT2D eigenvalue weighted by molar-refractivity contribution is 0.0940. The van der Waals surface area contributed by atoms with Gasteiger partial charge in [-0.15, -0.1) is 0 Å². The predicted molar refractivity (Wildman–Crippen MR) is 90.0 cm³/mol. The normalized spacial score (nSPS) is 17.0. The minimum absolute atomic E-state index is 0.247. The van der Waals surface area contributed by atoms with Crippen molar-refractivity contribution in [2.24, 2.45) is 0 Å². The van der Waals surface area contributed by atoms with E-state index in [2.05, 4.69) is 31.6 Å². The first kappa shape index (κ1) is 15.5. The Labute approximate surface area is 144 Å². The molecule has 0 amide bonds. The van der Waals surface area contributed by atoms with E-state index in [1.165, 1.54) is 6.33 Å². The number of aromatic nitrogens is 6. The van der Waals surface area contributed by atoms with Gasteiger partial charge in [0, 0.05) is 12.8 Å². The van der Waals surface area contributed by atoms with E-state index in [9.17, 15) is 0 Å². The number of nitrogens with zero attached hydrogens (tertiary/aromatic N) is 7. The highest BCUT2D eigenvalue weighted by atomic mass is 16.5. The molecule has 0 saturated carbocycles. The number of nitriles is 1. The number of hydrogen-bond acceptors (Lipinski definition) is 7. The summed E-state index contributed by atoms with van der Waals surface area (Å²) < 4.78 is 9.24. The molecule has 4 rings (SSSR count). The number of nitrogens with one attached hydrogen (secondary N) is 1. The first-order valence-corrected chi connectivity index (χ1v) is 8.28. The number of anilines is 2. The van der Waals surface area contributed by atoms with Crippen LogP contribution in [-0.4, -0.2) is 42.2 Å². The maximum Gasteiger partial charge on any atom is 0.163 e. The smallest absolute Gasteiger partial charge is 0.163 e. The van der Waals surface area contributed by atoms with E-state index >= 15 is 0 Å². The molecule has 128 valence electrons. The first-order valence-electron chi connectivity index (χ1n) is 8.28. The topological polar surface area (TPSA) is 106 Å². The third-order valence-electron chi connectivity index (χ3n) is 4.18. The molecule has 0 spiro atoms. The van der Waals surface area contributed by atoms with Gasteiger partial charge in [-0.3, -0.25) is 4.68 Å². The van der Waals surface area contributed by atoms with Crippen molar-refractivity contribution in [3.05, 3.63) is 24.9 Å². The summed E-state index contributed by atoms with van der Waals surface area (Å²) in [5.74, 6) is 0.671.